The van der Waals surface area contributed by atoms with Crippen LogP contribution < -0.4 is 5.56 Å². The zero-order chi connectivity index (χ0) is 11.7. The van der Waals surface area contributed by atoms with Crippen LogP contribution in [0.5, 0.6) is 0 Å². The van der Waals surface area contributed by atoms with E-state index >= 15 is 0 Å². The van der Waals surface area contributed by atoms with E-state index in [0.717, 1.165) is 5.69 Å². The fourth-order valence-corrected chi connectivity index (χ4v) is 1.63. The number of nitrogens with zero attached hydrogens (tertiary/aromatic N) is 4. The molecule has 0 saturated heterocycles. The summed E-state index contributed by atoms with van der Waals surface area (Å²) >= 11 is 0. The summed E-state index contributed by atoms with van der Waals surface area (Å²) in [6.07, 6.45) is 4.83. The highest BCUT2D eigenvalue weighted by Gasteiger charge is 2.05. The Hall–Kier alpha value is -2.50. The van der Waals surface area contributed by atoms with E-state index in [1.54, 1.807) is 17.1 Å². The van der Waals surface area contributed by atoms with Gasteiger partial charge in [0.1, 0.15) is 5.52 Å². The van der Waals surface area contributed by atoms with Crippen molar-refractivity contribution in [1.29, 1.82) is 0 Å². The van der Waals surface area contributed by atoms with E-state index in [4.69, 9.17) is 0 Å². The average Bonchev–Trinajstić information content (AvgIpc) is 2.74. The van der Waals surface area contributed by atoms with Crippen LogP contribution in [0.1, 0.15) is 5.69 Å². The molecule has 0 aliphatic heterocycles. The van der Waals surface area contributed by atoms with Crippen molar-refractivity contribution in [3.05, 3.63) is 53.0 Å². The molecule has 6 heteroatoms. The predicted octanol–water partition coefficient (Wildman–Crippen LogP) is 0.563. The fraction of sp³-hybridized carbons (Fsp3) is 0.0909. The van der Waals surface area contributed by atoms with Crippen molar-refractivity contribution >= 4 is 11.0 Å². The van der Waals surface area contributed by atoms with Crippen molar-refractivity contribution in [1.82, 2.24) is 24.7 Å². The second kappa shape index (κ2) is 3.82. The van der Waals surface area contributed by atoms with Crippen LogP contribution in [-0.2, 0) is 6.54 Å². The lowest BCUT2D eigenvalue weighted by atomic mass is 10.3. The molecule has 0 spiro atoms. The van der Waals surface area contributed by atoms with Gasteiger partial charge in [0.2, 0.25) is 0 Å². The van der Waals surface area contributed by atoms with Crippen molar-refractivity contribution in [3.8, 4) is 0 Å². The molecule has 6 nitrogen and oxygen atoms in total. The highest BCUT2D eigenvalue weighted by atomic mass is 16.1. The van der Waals surface area contributed by atoms with Crippen LogP contribution in [0, 0.1) is 0 Å². The van der Waals surface area contributed by atoms with Gasteiger partial charge in [-0.3, -0.25) is 14.5 Å². The second-order valence-corrected chi connectivity index (χ2v) is 3.61. The van der Waals surface area contributed by atoms with E-state index < -0.39 is 0 Å². The summed E-state index contributed by atoms with van der Waals surface area (Å²) in [4.78, 5) is 22.2. The second-order valence-electron chi connectivity index (χ2n) is 3.61. The third-order valence-electron chi connectivity index (χ3n) is 2.41. The Balaban J connectivity index is 2.02. The van der Waals surface area contributed by atoms with E-state index in [-0.39, 0.29) is 5.56 Å². The normalized spacial score (nSPS) is 10.8. The van der Waals surface area contributed by atoms with Gasteiger partial charge < -0.3 is 4.98 Å². The lowest BCUT2D eigenvalue weighted by Gasteiger charge is -1.98. The molecule has 0 aliphatic rings. The first-order valence-electron chi connectivity index (χ1n) is 5.14. The largest absolute Gasteiger partial charge is 0.311 e. The van der Waals surface area contributed by atoms with Crippen LogP contribution in [0.4, 0.5) is 0 Å². The van der Waals surface area contributed by atoms with Gasteiger partial charge in [-0.1, -0.05) is 6.07 Å². The van der Waals surface area contributed by atoms with E-state index in [9.17, 15) is 4.79 Å². The fourth-order valence-electron chi connectivity index (χ4n) is 1.63. The third-order valence-corrected chi connectivity index (χ3v) is 2.41. The van der Waals surface area contributed by atoms with Crippen LogP contribution in [0.15, 0.2) is 41.7 Å². The van der Waals surface area contributed by atoms with Crippen LogP contribution in [0.2, 0.25) is 0 Å². The Labute approximate surface area is 96.0 Å². The molecule has 0 unspecified atom stereocenters. The average molecular weight is 227 g/mol. The number of pyridine rings is 1. The van der Waals surface area contributed by atoms with Gasteiger partial charge in [0.15, 0.2) is 5.52 Å². The Morgan fingerprint density at radius 3 is 3.00 bits per heavy atom. The minimum absolute atomic E-state index is 0.227. The van der Waals surface area contributed by atoms with Crippen molar-refractivity contribution in [2.75, 3.05) is 0 Å². The SMILES string of the molecule is O=c1[nH]cnc2cn(Cc3ccccn3)nc12. The zero-order valence-corrected chi connectivity index (χ0v) is 8.87. The van der Waals surface area contributed by atoms with Crippen molar-refractivity contribution in [2.24, 2.45) is 0 Å². The van der Waals surface area contributed by atoms with Gasteiger partial charge in [0.05, 0.1) is 24.8 Å². The molecule has 84 valence electrons. The van der Waals surface area contributed by atoms with Gasteiger partial charge in [-0.25, -0.2) is 4.98 Å². The van der Waals surface area contributed by atoms with Gasteiger partial charge in [0.25, 0.3) is 5.56 Å². The Kier molecular flexibility index (Phi) is 2.18. The van der Waals surface area contributed by atoms with Crippen molar-refractivity contribution in [2.45, 2.75) is 6.54 Å². The number of fused-ring (bicyclic) bond motifs is 1. The summed E-state index contributed by atoms with van der Waals surface area (Å²) in [5, 5.41) is 4.18. The number of rotatable bonds is 2. The smallest absolute Gasteiger partial charge is 0.279 e. The van der Waals surface area contributed by atoms with Gasteiger partial charge >= 0.3 is 0 Å². The van der Waals surface area contributed by atoms with E-state index in [2.05, 4.69) is 20.1 Å². The maximum Gasteiger partial charge on any atom is 0.279 e. The molecule has 0 radical (unpaired) electrons. The zero-order valence-electron chi connectivity index (χ0n) is 8.87. The molecule has 3 aromatic rings. The summed E-state index contributed by atoms with van der Waals surface area (Å²) in [5.74, 6) is 0. The lowest BCUT2D eigenvalue weighted by Crippen LogP contribution is -2.07. The van der Waals surface area contributed by atoms with Crippen LogP contribution in [-0.4, -0.2) is 24.7 Å². The van der Waals surface area contributed by atoms with Crippen molar-refractivity contribution < 1.29 is 0 Å². The summed E-state index contributed by atoms with van der Waals surface area (Å²) in [6.45, 7) is 0.524. The van der Waals surface area contributed by atoms with Crippen LogP contribution in [0.3, 0.4) is 0 Å². The molecule has 0 aliphatic carbocycles. The molecule has 0 bridgehead atoms. The first-order valence-corrected chi connectivity index (χ1v) is 5.14. The minimum Gasteiger partial charge on any atom is -0.311 e. The van der Waals surface area contributed by atoms with E-state index in [1.807, 2.05) is 18.2 Å². The molecule has 1 N–H and O–H groups in total. The number of aromatic amines is 1. The Morgan fingerprint density at radius 2 is 2.24 bits per heavy atom. The molecule has 3 rings (SSSR count). The Morgan fingerprint density at radius 1 is 1.29 bits per heavy atom. The molecule has 3 heterocycles. The first-order chi connectivity index (χ1) is 8.33. The highest BCUT2D eigenvalue weighted by molar-refractivity contribution is 5.71. The predicted molar refractivity (Wildman–Crippen MR) is 61.5 cm³/mol. The third kappa shape index (κ3) is 1.80. The summed E-state index contributed by atoms with van der Waals surface area (Å²) in [7, 11) is 0. The number of nitrogens with one attached hydrogen (secondary N) is 1. The molecule has 0 fully saturated rings. The number of aromatic nitrogens is 5. The van der Waals surface area contributed by atoms with Gasteiger partial charge in [0, 0.05) is 6.20 Å². The lowest BCUT2D eigenvalue weighted by molar-refractivity contribution is 0.680. The molecule has 17 heavy (non-hydrogen) atoms. The molecule has 0 aromatic carbocycles. The number of hydrogen-bond acceptors (Lipinski definition) is 4. The van der Waals surface area contributed by atoms with Gasteiger partial charge in [-0.05, 0) is 12.1 Å². The number of hydrogen-bond donors (Lipinski definition) is 1. The summed E-state index contributed by atoms with van der Waals surface area (Å²) in [6, 6.07) is 5.68. The van der Waals surface area contributed by atoms with Gasteiger partial charge in [-0.15, -0.1) is 0 Å². The van der Waals surface area contributed by atoms with E-state index in [0.29, 0.717) is 17.6 Å². The molecule has 3 aromatic heterocycles. The van der Waals surface area contributed by atoms with E-state index in [1.165, 1.54) is 6.33 Å². The molecular formula is C11H9N5O. The number of H-pyrrole nitrogens is 1. The van der Waals surface area contributed by atoms with Crippen molar-refractivity contribution in [3.63, 3.8) is 0 Å². The topological polar surface area (TPSA) is 76.5 Å². The highest BCUT2D eigenvalue weighted by Crippen LogP contribution is 2.04. The van der Waals surface area contributed by atoms with Crippen LogP contribution in [0.25, 0.3) is 11.0 Å². The molecule has 0 saturated carbocycles. The van der Waals surface area contributed by atoms with Crippen LogP contribution >= 0.6 is 0 Å². The summed E-state index contributed by atoms with van der Waals surface area (Å²) in [5.41, 5.74) is 1.60. The Bertz CT molecular complexity index is 700. The molecule has 0 amide bonds. The monoisotopic (exact) mass is 227 g/mol. The quantitative estimate of drug-likeness (QED) is 0.694. The maximum absolute atomic E-state index is 11.5. The minimum atomic E-state index is -0.227. The molecular weight excluding hydrogens is 218 g/mol. The molecule has 0 atom stereocenters. The first kappa shape index (κ1) is 9.71. The summed E-state index contributed by atoms with van der Waals surface area (Å²) < 4.78 is 1.66. The standard InChI is InChI=1S/C11H9N5O/c17-11-10-9(13-7-14-11)6-16(15-10)5-8-3-1-2-4-12-8/h1-4,6-7H,5H2,(H,13,14,17). The maximum atomic E-state index is 11.5. The van der Waals surface area contributed by atoms with Gasteiger partial charge in [-0.2, -0.15) is 5.10 Å².